The van der Waals surface area contributed by atoms with Gasteiger partial charge < -0.3 is 4.98 Å². The summed E-state index contributed by atoms with van der Waals surface area (Å²) in [7, 11) is 0. The van der Waals surface area contributed by atoms with Crippen molar-refractivity contribution in [3.63, 3.8) is 0 Å². The van der Waals surface area contributed by atoms with Crippen LogP contribution in [0.2, 0.25) is 10.2 Å². The zero-order valence-corrected chi connectivity index (χ0v) is 15.3. The van der Waals surface area contributed by atoms with Gasteiger partial charge in [0.2, 0.25) is 0 Å². The van der Waals surface area contributed by atoms with Crippen molar-refractivity contribution in [2.24, 2.45) is 0 Å². The summed E-state index contributed by atoms with van der Waals surface area (Å²) < 4.78 is 0. The lowest BCUT2D eigenvalue weighted by Gasteiger charge is -2.27. The van der Waals surface area contributed by atoms with Crippen LogP contribution in [0.4, 0.5) is 0 Å². The maximum Gasteiger partial charge on any atom is 0.255 e. The fourth-order valence-electron chi connectivity index (χ4n) is 3.08. The van der Waals surface area contributed by atoms with Gasteiger partial charge in [0.1, 0.15) is 11.0 Å². The van der Waals surface area contributed by atoms with Gasteiger partial charge in [0.15, 0.2) is 0 Å². The minimum atomic E-state index is -0.109. The van der Waals surface area contributed by atoms with E-state index >= 15 is 0 Å². The molecular formula is C18H15Cl2N5O. The summed E-state index contributed by atoms with van der Waals surface area (Å²) in [4.78, 5) is 30.3. The van der Waals surface area contributed by atoms with Gasteiger partial charge in [-0.05, 0) is 18.2 Å². The number of aromatic amines is 1. The molecule has 0 unspecified atom stereocenters. The summed E-state index contributed by atoms with van der Waals surface area (Å²) in [5, 5.41) is 0.976. The molecule has 1 N–H and O–H groups in total. The van der Waals surface area contributed by atoms with Crippen LogP contribution in [0.3, 0.4) is 0 Å². The van der Waals surface area contributed by atoms with Gasteiger partial charge in [0.05, 0.1) is 16.3 Å². The highest BCUT2D eigenvalue weighted by Gasteiger charge is 2.22. The lowest BCUT2D eigenvalue weighted by Crippen LogP contribution is -2.35. The molecule has 6 nitrogen and oxygen atoms in total. The predicted molar refractivity (Wildman–Crippen MR) is 100 cm³/mol. The molecule has 0 saturated carbocycles. The third kappa shape index (κ3) is 3.49. The highest BCUT2D eigenvalue weighted by Crippen LogP contribution is 2.23. The summed E-state index contributed by atoms with van der Waals surface area (Å²) in [5.41, 5.74) is 3.12. The van der Waals surface area contributed by atoms with Crippen molar-refractivity contribution in [3.05, 3.63) is 74.1 Å². The van der Waals surface area contributed by atoms with Crippen LogP contribution in [0.25, 0.3) is 11.4 Å². The molecule has 0 aromatic carbocycles. The molecule has 8 heteroatoms. The summed E-state index contributed by atoms with van der Waals surface area (Å²) in [6, 6.07) is 5.46. The van der Waals surface area contributed by atoms with E-state index in [4.69, 9.17) is 23.2 Å². The molecule has 1 aliphatic heterocycles. The smallest absolute Gasteiger partial charge is 0.255 e. The summed E-state index contributed by atoms with van der Waals surface area (Å²) in [6.45, 7) is 1.87. The number of H-pyrrole nitrogens is 1. The van der Waals surface area contributed by atoms with E-state index in [0.717, 1.165) is 23.4 Å². The molecule has 3 aromatic rings. The molecule has 3 aromatic heterocycles. The molecule has 1 aliphatic rings. The minimum Gasteiger partial charge on any atom is -0.306 e. The zero-order chi connectivity index (χ0) is 18.1. The van der Waals surface area contributed by atoms with Crippen LogP contribution >= 0.6 is 23.2 Å². The first-order valence-electron chi connectivity index (χ1n) is 8.15. The predicted octanol–water partition coefficient (Wildman–Crippen LogP) is 3.09. The third-order valence-electron chi connectivity index (χ3n) is 4.37. The normalized spacial score (nSPS) is 14.2. The average molecular weight is 388 g/mol. The SMILES string of the molecule is O=c1[nH]c(-c2ccncc2)nc2c1CN(Cc1cc(Cl)cnc1Cl)CC2. The number of pyridine rings is 2. The van der Waals surface area contributed by atoms with E-state index in [1.165, 1.54) is 6.20 Å². The van der Waals surface area contributed by atoms with E-state index in [0.29, 0.717) is 41.1 Å². The first-order chi connectivity index (χ1) is 12.6. The average Bonchev–Trinajstić information content (AvgIpc) is 2.66. The Balaban J connectivity index is 1.59. The summed E-state index contributed by atoms with van der Waals surface area (Å²) in [6.07, 6.45) is 5.58. The van der Waals surface area contributed by atoms with Crippen molar-refractivity contribution in [1.82, 2.24) is 24.8 Å². The van der Waals surface area contributed by atoms with E-state index in [1.807, 2.05) is 12.1 Å². The van der Waals surface area contributed by atoms with Gasteiger partial charge >= 0.3 is 0 Å². The first-order valence-corrected chi connectivity index (χ1v) is 8.90. The van der Waals surface area contributed by atoms with Gasteiger partial charge in [0, 0.05) is 55.8 Å². The lowest BCUT2D eigenvalue weighted by atomic mass is 10.1. The van der Waals surface area contributed by atoms with Gasteiger partial charge in [-0.15, -0.1) is 0 Å². The maximum atomic E-state index is 12.6. The Hall–Kier alpha value is -2.28. The Morgan fingerprint density at radius 3 is 2.85 bits per heavy atom. The second-order valence-electron chi connectivity index (χ2n) is 6.14. The number of hydrogen-bond acceptors (Lipinski definition) is 5. The molecule has 0 bridgehead atoms. The van der Waals surface area contributed by atoms with E-state index in [2.05, 4.69) is 24.8 Å². The molecule has 0 atom stereocenters. The topological polar surface area (TPSA) is 74.8 Å². The number of halogens is 2. The molecular weight excluding hydrogens is 373 g/mol. The molecule has 4 rings (SSSR count). The van der Waals surface area contributed by atoms with Crippen LogP contribution < -0.4 is 5.56 Å². The van der Waals surface area contributed by atoms with E-state index in [-0.39, 0.29) is 5.56 Å². The number of nitrogens with one attached hydrogen (secondary N) is 1. The van der Waals surface area contributed by atoms with Gasteiger partial charge in [-0.3, -0.25) is 14.7 Å². The van der Waals surface area contributed by atoms with E-state index in [9.17, 15) is 4.79 Å². The number of nitrogens with zero attached hydrogens (tertiary/aromatic N) is 4. The van der Waals surface area contributed by atoms with Gasteiger partial charge in [0.25, 0.3) is 5.56 Å². The van der Waals surface area contributed by atoms with E-state index in [1.54, 1.807) is 18.5 Å². The molecule has 0 amide bonds. The van der Waals surface area contributed by atoms with Gasteiger partial charge in [-0.1, -0.05) is 23.2 Å². The Morgan fingerprint density at radius 2 is 2.04 bits per heavy atom. The van der Waals surface area contributed by atoms with E-state index < -0.39 is 0 Å². The zero-order valence-electron chi connectivity index (χ0n) is 13.7. The molecule has 0 saturated heterocycles. The van der Waals surface area contributed by atoms with Crippen molar-refractivity contribution >= 4 is 23.2 Å². The van der Waals surface area contributed by atoms with Crippen molar-refractivity contribution in [3.8, 4) is 11.4 Å². The molecule has 0 fully saturated rings. The largest absolute Gasteiger partial charge is 0.306 e. The molecule has 0 spiro atoms. The Bertz CT molecular complexity index is 1010. The van der Waals surface area contributed by atoms with Crippen LogP contribution in [0.5, 0.6) is 0 Å². The highest BCUT2D eigenvalue weighted by molar-refractivity contribution is 6.32. The van der Waals surface area contributed by atoms with Gasteiger partial charge in [-0.25, -0.2) is 9.97 Å². The minimum absolute atomic E-state index is 0.109. The number of hydrogen-bond donors (Lipinski definition) is 1. The lowest BCUT2D eigenvalue weighted by molar-refractivity contribution is 0.241. The van der Waals surface area contributed by atoms with Crippen LogP contribution in [-0.2, 0) is 19.5 Å². The van der Waals surface area contributed by atoms with Crippen molar-refractivity contribution < 1.29 is 0 Å². The number of rotatable bonds is 3. The summed E-state index contributed by atoms with van der Waals surface area (Å²) >= 11 is 12.2. The molecule has 0 aliphatic carbocycles. The quantitative estimate of drug-likeness (QED) is 0.698. The van der Waals surface area contributed by atoms with Crippen molar-refractivity contribution in [2.75, 3.05) is 6.54 Å². The number of aromatic nitrogens is 4. The second kappa shape index (κ2) is 7.15. The molecule has 132 valence electrons. The van der Waals surface area contributed by atoms with Crippen LogP contribution in [0.1, 0.15) is 16.8 Å². The summed E-state index contributed by atoms with van der Waals surface area (Å²) in [5.74, 6) is 0.576. The Labute approximate surface area is 159 Å². The van der Waals surface area contributed by atoms with Crippen LogP contribution in [0.15, 0.2) is 41.6 Å². The third-order valence-corrected chi connectivity index (χ3v) is 4.92. The van der Waals surface area contributed by atoms with Crippen LogP contribution in [-0.4, -0.2) is 31.4 Å². The molecule has 0 radical (unpaired) electrons. The van der Waals surface area contributed by atoms with Crippen LogP contribution in [0, 0.1) is 0 Å². The van der Waals surface area contributed by atoms with Crippen molar-refractivity contribution in [1.29, 1.82) is 0 Å². The fraction of sp³-hybridized carbons (Fsp3) is 0.222. The Kier molecular flexibility index (Phi) is 4.72. The Morgan fingerprint density at radius 1 is 1.23 bits per heavy atom. The standard InChI is InChI=1S/C18H15Cl2N5O/c19-13-7-12(16(20)22-8-13)9-25-6-3-15-14(10-25)18(26)24-17(23-15)11-1-4-21-5-2-11/h1-2,4-5,7-8H,3,6,9-10H2,(H,23,24,26). The van der Waals surface area contributed by atoms with Crippen molar-refractivity contribution in [2.45, 2.75) is 19.5 Å². The maximum absolute atomic E-state index is 12.6. The number of fused-ring (bicyclic) bond motifs is 1. The second-order valence-corrected chi connectivity index (χ2v) is 6.93. The first kappa shape index (κ1) is 17.1. The molecule has 26 heavy (non-hydrogen) atoms. The van der Waals surface area contributed by atoms with Gasteiger partial charge in [-0.2, -0.15) is 0 Å². The fourth-order valence-corrected chi connectivity index (χ4v) is 3.42. The molecule has 4 heterocycles. The highest BCUT2D eigenvalue weighted by atomic mass is 35.5. The monoisotopic (exact) mass is 387 g/mol.